The number of thiophene rings is 1. The Labute approximate surface area is 133 Å². The summed E-state index contributed by atoms with van der Waals surface area (Å²) in [5, 5.41) is 18.8. The lowest BCUT2D eigenvalue weighted by atomic mass is 10.1. The van der Waals surface area contributed by atoms with Crippen molar-refractivity contribution in [2.45, 2.75) is 20.3 Å². The lowest BCUT2D eigenvalue weighted by Crippen LogP contribution is -2.26. The molecule has 1 aromatic rings. The van der Waals surface area contributed by atoms with Gasteiger partial charge in [0.1, 0.15) is 15.9 Å². The quantitative estimate of drug-likeness (QED) is 0.584. The van der Waals surface area contributed by atoms with E-state index in [0.717, 1.165) is 11.3 Å². The zero-order chi connectivity index (χ0) is 16.7. The number of anilines is 1. The zero-order valence-electron chi connectivity index (χ0n) is 12.6. The first kappa shape index (κ1) is 17.7. The Morgan fingerprint density at radius 3 is 2.73 bits per heavy atom. The van der Waals surface area contributed by atoms with Gasteiger partial charge in [-0.3, -0.25) is 4.79 Å². The molecule has 1 heterocycles. The van der Waals surface area contributed by atoms with E-state index in [0.29, 0.717) is 27.5 Å². The zero-order valence-corrected chi connectivity index (χ0v) is 13.4. The van der Waals surface area contributed by atoms with E-state index < -0.39 is 11.9 Å². The van der Waals surface area contributed by atoms with E-state index in [2.05, 4.69) is 12.6 Å². The summed E-state index contributed by atoms with van der Waals surface area (Å²) in [5.74, 6) is -1.39. The molecule has 0 saturated heterocycles. The third-order valence-corrected chi connectivity index (χ3v) is 4.27. The summed E-state index contributed by atoms with van der Waals surface area (Å²) in [5.41, 5.74) is 0.936. The van der Waals surface area contributed by atoms with E-state index in [9.17, 15) is 14.9 Å². The van der Waals surface area contributed by atoms with Gasteiger partial charge in [0.05, 0.1) is 18.6 Å². The lowest BCUT2D eigenvalue weighted by molar-refractivity contribution is -0.136. The van der Waals surface area contributed by atoms with Crippen molar-refractivity contribution in [2.75, 3.05) is 24.6 Å². The van der Waals surface area contributed by atoms with Crippen molar-refractivity contribution in [3.8, 4) is 6.07 Å². The largest absolute Gasteiger partial charge is 0.481 e. The summed E-state index contributed by atoms with van der Waals surface area (Å²) in [6, 6.07) is 2.09. The van der Waals surface area contributed by atoms with Crippen LogP contribution in [0, 0.1) is 18.3 Å². The van der Waals surface area contributed by atoms with Gasteiger partial charge >= 0.3 is 11.9 Å². The minimum absolute atomic E-state index is 0.0651. The second-order valence-corrected chi connectivity index (χ2v) is 5.45. The Kier molecular flexibility index (Phi) is 6.60. The normalized spacial score (nSPS) is 9.86. The molecule has 0 radical (unpaired) electrons. The third kappa shape index (κ3) is 4.09. The molecule has 0 aliphatic rings. The molecule has 6 nitrogen and oxygen atoms in total. The van der Waals surface area contributed by atoms with Crippen LogP contribution in [0.15, 0.2) is 12.7 Å². The number of carbonyl (C=O) groups excluding carboxylic acids is 1. The topological polar surface area (TPSA) is 90.6 Å². The van der Waals surface area contributed by atoms with Crippen LogP contribution in [0.2, 0.25) is 0 Å². The fraction of sp³-hybridized carbons (Fsp3) is 0.400. The van der Waals surface area contributed by atoms with Gasteiger partial charge in [0.15, 0.2) is 0 Å². The number of carboxylic acids is 1. The van der Waals surface area contributed by atoms with E-state index in [1.807, 2.05) is 0 Å². The molecule has 118 valence electrons. The highest BCUT2D eigenvalue weighted by Gasteiger charge is 2.24. The predicted octanol–water partition coefficient (Wildman–Crippen LogP) is 2.57. The number of hydrogen-bond donors (Lipinski definition) is 1. The van der Waals surface area contributed by atoms with E-state index in [1.165, 1.54) is 0 Å². The molecule has 0 unspecified atom stereocenters. The fourth-order valence-corrected chi connectivity index (χ4v) is 3.09. The van der Waals surface area contributed by atoms with Crippen LogP contribution in [-0.4, -0.2) is 36.7 Å². The van der Waals surface area contributed by atoms with Gasteiger partial charge in [-0.1, -0.05) is 6.08 Å². The molecular weight excluding hydrogens is 304 g/mol. The van der Waals surface area contributed by atoms with E-state index in [-0.39, 0.29) is 19.6 Å². The highest BCUT2D eigenvalue weighted by atomic mass is 32.1. The predicted molar refractivity (Wildman–Crippen MR) is 84.4 cm³/mol. The molecule has 22 heavy (non-hydrogen) atoms. The van der Waals surface area contributed by atoms with Crippen LogP contribution >= 0.6 is 11.3 Å². The number of carboxylic acid groups (broad SMARTS) is 1. The molecule has 0 amide bonds. The number of rotatable bonds is 8. The van der Waals surface area contributed by atoms with Gasteiger partial charge in [-0.25, -0.2) is 4.79 Å². The monoisotopic (exact) mass is 322 g/mol. The van der Waals surface area contributed by atoms with Gasteiger partial charge in [-0.05, 0) is 19.4 Å². The number of nitrogens with zero attached hydrogens (tertiary/aromatic N) is 2. The van der Waals surface area contributed by atoms with Crippen molar-refractivity contribution in [3.63, 3.8) is 0 Å². The van der Waals surface area contributed by atoms with Crippen molar-refractivity contribution in [1.82, 2.24) is 0 Å². The van der Waals surface area contributed by atoms with Crippen molar-refractivity contribution < 1.29 is 19.4 Å². The van der Waals surface area contributed by atoms with Crippen LogP contribution in [-0.2, 0) is 9.53 Å². The van der Waals surface area contributed by atoms with Gasteiger partial charge in [0.25, 0.3) is 0 Å². The summed E-state index contributed by atoms with van der Waals surface area (Å²) in [4.78, 5) is 24.8. The maximum atomic E-state index is 11.9. The van der Waals surface area contributed by atoms with Gasteiger partial charge in [-0.15, -0.1) is 17.9 Å². The summed E-state index contributed by atoms with van der Waals surface area (Å²) in [6.45, 7) is 7.92. The fourth-order valence-electron chi connectivity index (χ4n) is 1.91. The van der Waals surface area contributed by atoms with Crippen LogP contribution in [0.1, 0.15) is 34.1 Å². The van der Waals surface area contributed by atoms with Crippen molar-refractivity contribution in [3.05, 3.63) is 28.7 Å². The van der Waals surface area contributed by atoms with E-state index in [1.54, 1.807) is 24.8 Å². The van der Waals surface area contributed by atoms with E-state index >= 15 is 0 Å². The highest BCUT2D eigenvalue weighted by molar-refractivity contribution is 7.18. The molecule has 0 aliphatic heterocycles. The van der Waals surface area contributed by atoms with Crippen LogP contribution in [0.25, 0.3) is 0 Å². The summed E-state index contributed by atoms with van der Waals surface area (Å²) < 4.78 is 4.99. The molecule has 7 heteroatoms. The molecule has 1 N–H and O–H groups in total. The second kappa shape index (κ2) is 8.20. The maximum Gasteiger partial charge on any atom is 0.348 e. The van der Waals surface area contributed by atoms with Crippen LogP contribution < -0.4 is 4.90 Å². The molecule has 0 aromatic carbocycles. The van der Waals surface area contributed by atoms with Crippen LogP contribution in [0.5, 0.6) is 0 Å². The average molecular weight is 322 g/mol. The molecule has 0 fully saturated rings. The highest BCUT2D eigenvalue weighted by Crippen LogP contribution is 2.36. The van der Waals surface area contributed by atoms with Gasteiger partial charge in [0, 0.05) is 13.1 Å². The summed E-state index contributed by atoms with van der Waals surface area (Å²) in [7, 11) is 0. The number of hydrogen-bond acceptors (Lipinski definition) is 6. The minimum Gasteiger partial charge on any atom is -0.481 e. The molecule has 0 saturated carbocycles. The number of aliphatic carboxylic acids is 1. The second-order valence-electron chi connectivity index (χ2n) is 4.45. The Morgan fingerprint density at radius 2 is 2.23 bits per heavy atom. The molecule has 0 bridgehead atoms. The molecular formula is C15H18N2O4S. The SMILES string of the molecule is C=CCN(CCC(=O)O)c1sc(C(=O)OCC)c(C)c1C#N. The van der Waals surface area contributed by atoms with E-state index in [4.69, 9.17) is 9.84 Å². The average Bonchev–Trinajstić information content (AvgIpc) is 2.80. The first-order valence-corrected chi connectivity index (χ1v) is 7.56. The summed E-state index contributed by atoms with van der Waals surface area (Å²) in [6.07, 6.45) is 1.56. The molecule has 0 spiro atoms. The molecule has 1 aromatic heterocycles. The number of ether oxygens (including phenoxy) is 1. The van der Waals surface area contributed by atoms with Crippen molar-refractivity contribution >= 4 is 28.3 Å². The van der Waals surface area contributed by atoms with Gasteiger partial charge < -0.3 is 14.7 Å². The van der Waals surface area contributed by atoms with Crippen LogP contribution in [0.3, 0.4) is 0 Å². The van der Waals surface area contributed by atoms with Crippen molar-refractivity contribution in [1.29, 1.82) is 5.26 Å². The van der Waals surface area contributed by atoms with Crippen molar-refractivity contribution in [2.24, 2.45) is 0 Å². The smallest absolute Gasteiger partial charge is 0.348 e. The minimum atomic E-state index is -0.925. The summed E-state index contributed by atoms with van der Waals surface area (Å²) >= 11 is 1.15. The first-order chi connectivity index (χ1) is 10.5. The molecule has 0 aliphatic carbocycles. The third-order valence-electron chi connectivity index (χ3n) is 2.93. The first-order valence-electron chi connectivity index (χ1n) is 6.74. The number of esters is 1. The Bertz CT molecular complexity index is 616. The Hall–Kier alpha value is -2.33. The molecule has 1 rings (SSSR count). The molecule has 0 atom stereocenters. The maximum absolute atomic E-state index is 11.9. The van der Waals surface area contributed by atoms with Gasteiger partial charge in [0.2, 0.25) is 0 Å². The standard InChI is InChI=1S/C15H18N2O4S/c1-4-7-17(8-6-12(18)19)14-11(9-16)10(3)13(22-14)15(20)21-5-2/h4H,1,5-8H2,2-3H3,(H,18,19). The van der Waals surface area contributed by atoms with Gasteiger partial charge in [-0.2, -0.15) is 5.26 Å². The number of nitriles is 1. The Morgan fingerprint density at radius 1 is 1.55 bits per heavy atom. The number of carbonyl (C=O) groups is 2. The Balaban J connectivity index is 3.22. The van der Waals surface area contributed by atoms with Crippen LogP contribution in [0.4, 0.5) is 5.00 Å². The lowest BCUT2D eigenvalue weighted by Gasteiger charge is -2.21.